The lowest BCUT2D eigenvalue weighted by atomic mass is 9.51. The van der Waals surface area contributed by atoms with E-state index in [1.54, 1.807) is 0 Å². The predicted molar refractivity (Wildman–Crippen MR) is 252 cm³/mol. The van der Waals surface area contributed by atoms with E-state index in [1.807, 2.05) is 0 Å². The van der Waals surface area contributed by atoms with Gasteiger partial charge in [0.05, 0.1) is 6.61 Å². The summed E-state index contributed by atoms with van der Waals surface area (Å²) in [6.07, 6.45) is 0.827. The van der Waals surface area contributed by atoms with Crippen LogP contribution in [0, 0.1) is 41.4 Å². The molecular formula is C49H84O7Si3. The van der Waals surface area contributed by atoms with Gasteiger partial charge in [-0.25, -0.2) is 0 Å². The second-order valence-electron chi connectivity index (χ2n) is 23.0. The number of ether oxygens (including phenoxy) is 1. The van der Waals surface area contributed by atoms with Crippen molar-refractivity contribution in [2.24, 2.45) is 41.4 Å². The average molecular weight is 869 g/mol. The van der Waals surface area contributed by atoms with E-state index in [0.717, 1.165) is 12.8 Å². The standard InChI is InChI=1S/C49H84O7Si3/c1-34(2)43(32-54-58(16,17)47(8,9)10)42-30-49(52,33-50)45(55-36(4)51)44-40(35(3)31-53-57(14,15)46(5,6)7)28-37(29-41(42)44)56-59(48(11,12)13,38-24-20-18-21-25-38)39-26-22-19-23-27-39/h18-27,34-35,37,40-45,50,52H,28-33H2,1-17H3/t35-,37-,40+,41-,42-,43-,44-,45+,49+/m1/s1. The smallest absolute Gasteiger partial charge is 0.303 e. The molecule has 334 valence electrons. The van der Waals surface area contributed by atoms with Crippen LogP contribution in [0.3, 0.4) is 0 Å². The van der Waals surface area contributed by atoms with E-state index in [1.165, 1.54) is 17.3 Å². The number of hydrogen-bond acceptors (Lipinski definition) is 7. The van der Waals surface area contributed by atoms with Gasteiger partial charge in [0.15, 0.2) is 16.6 Å². The minimum Gasteiger partial charge on any atom is -0.459 e. The first-order chi connectivity index (χ1) is 27.0. The summed E-state index contributed by atoms with van der Waals surface area (Å²) in [5, 5.41) is 26.3. The molecule has 2 N–H and O–H groups in total. The normalized spacial score (nSPS) is 27.3. The highest BCUT2D eigenvalue weighted by atomic mass is 28.4. The Balaban J connectivity index is 1.97. The molecule has 2 aromatic rings. The highest BCUT2D eigenvalue weighted by Crippen LogP contribution is 2.57. The molecule has 4 rings (SSSR count). The summed E-state index contributed by atoms with van der Waals surface area (Å²) < 4.78 is 28.4. The topological polar surface area (TPSA) is 94.5 Å². The Morgan fingerprint density at radius 1 is 0.746 bits per heavy atom. The zero-order chi connectivity index (χ0) is 44.6. The van der Waals surface area contributed by atoms with Gasteiger partial charge in [-0.15, -0.1) is 0 Å². The molecule has 10 heteroatoms. The summed E-state index contributed by atoms with van der Waals surface area (Å²) in [7, 11) is -7.21. The van der Waals surface area contributed by atoms with Crippen LogP contribution < -0.4 is 10.4 Å². The van der Waals surface area contributed by atoms with Crippen molar-refractivity contribution in [1.82, 2.24) is 0 Å². The molecule has 0 unspecified atom stereocenters. The Morgan fingerprint density at radius 2 is 1.22 bits per heavy atom. The molecule has 0 heterocycles. The van der Waals surface area contributed by atoms with Crippen molar-refractivity contribution in [3.8, 4) is 0 Å². The lowest BCUT2D eigenvalue weighted by Crippen LogP contribution is -2.69. The Morgan fingerprint density at radius 3 is 1.63 bits per heavy atom. The van der Waals surface area contributed by atoms with E-state index >= 15 is 0 Å². The van der Waals surface area contributed by atoms with Gasteiger partial charge in [-0.05, 0) is 106 Å². The molecule has 7 nitrogen and oxygen atoms in total. The van der Waals surface area contributed by atoms with E-state index in [-0.39, 0.29) is 62.6 Å². The van der Waals surface area contributed by atoms with Crippen LogP contribution in [-0.2, 0) is 22.8 Å². The van der Waals surface area contributed by atoms with Crippen LogP contribution in [0.25, 0.3) is 0 Å². The number of benzene rings is 2. The number of carbonyl (C=O) groups excluding carboxylic acids is 1. The summed E-state index contributed by atoms with van der Waals surface area (Å²) in [5.41, 5.74) is -1.61. The van der Waals surface area contributed by atoms with Crippen LogP contribution in [0.15, 0.2) is 60.7 Å². The molecule has 2 aliphatic rings. The molecule has 0 saturated heterocycles. The van der Waals surface area contributed by atoms with E-state index in [2.05, 4.69) is 170 Å². The fourth-order valence-electron chi connectivity index (χ4n) is 9.93. The van der Waals surface area contributed by atoms with Crippen molar-refractivity contribution < 1.29 is 33.0 Å². The van der Waals surface area contributed by atoms with E-state index in [0.29, 0.717) is 19.6 Å². The maximum atomic E-state index is 13.1. The van der Waals surface area contributed by atoms with E-state index < -0.39 is 49.2 Å². The number of fused-ring (bicyclic) bond motifs is 1. The highest BCUT2D eigenvalue weighted by molar-refractivity contribution is 6.99. The Hall–Kier alpha value is -1.64. The van der Waals surface area contributed by atoms with E-state index in [9.17, 15) is 15.0 Å². The fourth-order valence-corrected chi connectivity index (χ4v) is 16.8. The first-order valence-corrected chi connectivity index (χ1v) is 30.3. The third-order valence-electron chi connectivity index (χ3n) is 15.5. The van der Waals surface area contributed by atoms with Gasteiger partial charge in [0.25, 0.3) is 8.32 Å². The molecule has 0 amide bonds. The molecule has 2 aromatic carbocycles. The predicted octanol–water partition coefficient (Wildman–Crippen LogP) is 10.2. The maximum absolute atomic E-state index is 13.1. The third kappa shape index (κ3) is 10.8. The number of aliphatic hydroxyl groups excluding tert-OH is 1. The average Bonchev–Trinajstić information content (AvgIpc) is 3.13. The van der Waals surface area contributed by atoms with Gasteiger partial charge >= 0.3 is 5.97 Å². The van der Waals surface area contributed by atoms with Crippen molar-refractivity contribution in [3.63, 3.8) is 0 Å². The zero-order valence-electron chi connectivity index (χ0n) is 40.1. The summed E-state index contributed by atoms with van der Waals surface area (Å²) in [6, 6.07) is 21.8. The Bertz CT molecular complexity index is 1610. The van der Waals surface area contributed by atoms with Crippen molar-refractivity contribution in [2.75, 3.05) is 19.8 Å². The zero-order valence-corrected chi connectivity index (χ0v) is 43.1. The van der Waals surface area contributed by atoms with Gasteiger partial charge in [-0.2, -0.15) is 0 Å². The second kappa shape index (κ2) is 18.6. The minimum atomic E-state index is -2.96. The van der Waals surface area contributed by atoms with Crippen molar-refractivity contribution in [2.45, 2.75) is 168 Å². The first kappa shape index (κ1) is 50.0. The van der Waals surface area contributed by atoms with Crippen molar-refractivity contribution in [1.29, 1.82) is 0 Å². The number of aliphatic hydroxyl groups is 2. The Labute approximate surface area is 363 Å². The largest absolute Gasteiger partial charge is 0.459 e. The van der Waals surface area contributed by atoms with Crippen LogP contribution in [0.1, 0.15) is 109 Å². The van der Waals surface area contributed by atoms with Crippen LogP contribution >= 0.6 is 0 Å². The summed E-state index contributed by atoms with van der Waals surface area (Å²) in [4.78, 5) is 13.1. The lowest BCUT2D eigenvalue weighted by molar-refractivity contribution is -0.231. The van der Waals surface area contributed by atoms with Crippen LogP contribution in [0.2, 0.25) is 41.3 Å². The van der Waals surface area contributed by atoms with Gasteiger partial charge in [0.2, 0.25) is 0 Å². The maximum Gasteiger partial charge on any atom is 0.303 e. The third-order valence-corrected chi connectivity index (χ3v) is 29.6. The molecule has 2 aliphatic carbocycles. The van der Waals surface area contributed by atoms with E-state index in [4.69, 9.17) is 18.0 Å². The molecule has 0 radical (unpaired) electrons. The number of carbonyl (C=O) groups is 1. The molecule has 2 saturated carbocycles. The van der Waals surface area contributed by atoms with Crippen LogP contribution in [0.4, 0.5) is 0 Å². The molecule has 2 fully saturated rings. The van der Waals surface area contributed by atoms with Gasteiger partial charge in [0, 0.05) is 32.2 Å². The molecule has 59 heavy (non-hydrogen) atoms. The number of hydrogen-bond donors (Lipinski definition) is 2. The molecule has 9 atom stereocenters. The van der Waals surface area contributed by atoms with Gasteiger partial charge < -0.3 is 28.2 Å². The summed E-state index contributed by atoms with van der Waals surface area (Å²) >= 11 is 0. The number of esters is 1. The van der Waals surface area contributed by atoms with Gasteiger partial charge in [-0.1, -0.05) is 144 Å². The van der Waals surface area contributed by atoms with Crippen LogP contribution in [-0.4, -0.2) is 78.8 Å². The molecule has 0 aromatic heterocycles. The fraction of sp³-hybridized carbons (Fsp3) is 0.735. The minimum absolute atomic E-state index is 0.0183. The second-order valence-corrected chi connectivity index (χ2v) is 36.8. The molecule has 0 aliphatic heterocycles. The SMILES string of the molecule is CC(=O)O[C@H]1[C@H]2[C@H](C[C@H](O[Si](c3ccccc3)(c3ccccc3)C(C)(C)C)C[C@H]2[C@H](C)CO[Si](C)(C)C(C)(C)C)[C@H]([C@H](CO[Si](C)(C)C(C)(C)C)C(C)C)C[C@]1(O)CO. The summed E-state index contributed by atoms with van der Waals surface area (Å²) in [6.45, 7) is 38.8. The van der Waals surface area contributed by atoms with Gasteiger partial charge in [0.1, 0.15) is 11.7 Å². The molecule has 0 bridgehead atoms. The monoisotopic (exact) mass is 869 g/mol. The quantitative estimate of drug-likeness (QED) is 0.136. The van der Waals surface area contributed by atoms with Gasteiger partial charge in [-0.3, -0.25) is 4.79 Å². The van der Waals surface area contributed by atoms with Crippen LogP contribution in [0.5, 0.6) is 0 Å². The Kier molecular flexibility index (Phi) is 15.8. The number of rotatable bonds is 15. The van der Waals surface area contributed by atoms with Crippen molar-refractivity contribution >= 4 is 41.3 Å². The molecular weight excluding hydrogens is 785 g/mol. The summed E-state index contributed by atoms with van der Waals surface area (Å²) in [5.74, 6) is -0.275. The van der Waals surface area contributed by atoms with Crippen molar-refractivity contribution in [3.05, 3.63) is 60.7 Å². The highest BCUT2D eigenvalue weighted by Gasteiger charge is 2.62. The lowest BCUT2D eigenvalue weighted by Gasteiger charge is -2.59. The molecule has 0 spiro atoms. The first-order valence-electron chi connectivity index (χ1n) is 22.6.